The van der Waals surface area contributed by atoms with E-state index >= 15 is 0 Å². The molecule has 1 spiro atoms. The second-order valence-electron chi connectivity index (χ2n) is 11.1. The highest BCUT2D eigenvalue weighted by Crippen LogP contribution is 2.54. The number of fused-ring (bicyclic) bond motifs is 3. The van der Waals surface area contributed by atoms with Gasteiger partial charge in [0.1, 0.15) is 23.8 Å². The van der Waals surface area contributed by atoms with E-state index in [1.165, 1.54) is 4.90 Å². The summed E-state index contributed by atoms with van der Waals surface area (Å²) in [6.07, 6.45) is 8.98. The van der Waals surface area contributed by atoms with Crippen LogP contribution in [0.4, 0.5) is 5.69 Å². The highest BCUT2D eigenvalue weighted by atomic mass is 16.6. The Morgan fingerprint density at radius 2 is 2.03 bits per heavy atom. The Labute approximate surface area is 214 Å². The fourth-order valence-electron chi connectivity index (χ4n) is 5.63. The number of anilines is 1. The van der Waals surface area contributed by atoms with Crippen LogP contribution in [0.15, 0.2) is 36.8 Å². The molecule has 3 aromatic rings. The third-order valence-electron chi connectivity index (χ3n) is 7.26. The average Bonchev–Trinajstić information content (AvgIpc) is 3.36. The quantitative estimate of drug-likeness (QED) is 0.483. The fourth-order valence-corrected chi connectivity index (χ4v) is 5.63. The smallest absolute Gasteiger partial charge is 0.326 e. The van der Waals surface area contributed by atoms with Crippen molar-refractivity contribution in [2.75, 3.05) is 18.1 Å². The Balaban J connectivity index is 1.16. The van der Waals surface area contributed by atoms with Crippen LogP contribution in [0.3, 0.4) is 0 Å². The summed E-state index contributed by atoms with van der Waals surface area (Å²) < 4.78 is 19.4. The third-order valence-corrected chi connectivity index (χ3v) is 7.26. The molecule has 3 aromatic heterocycles. The highest BCUT2D eigenvalue weighted by Gasteiger charge is 2.60. The SMILES string of the molecule is CC(C)(C)OC(=O)CN1C(=O)C2(CC(Oc3ccc4c(cnn4C4CCCCO4)n3)C2)c2cnccc21. The molecule has 0 bridgehead atoms. The molecule has 10 nitrogen and oxygen atoms in total. The lowest BCUT2D eigenvalue weighted by Crippen LogP contribution is -2.54. The van der Waals surface area contributed by atoms with Gasteiger partial charge in [0.05, 0.1) is 22.8 Å². The number of amides is 1. The zero-order valence-electron chi connectivity index (χ0n) is 21.3. The number of ether oxygens (including phenoxy) is 3. The largest absolute Gasteiger partial charge is 0.474 e. The maximum atomic E-state index is 13.6. The third kappa shape index (κ3) is 4.22. The molecule has 10 heteroatoms. The summed E-state index contributed by atoms with van der Waals surface area (Å²) in [6, 6.07) is 5.58. The highest BCUT2D eigenvalue weighted by molar-refractivity contribution is 6.10. The lowest BCUT2D eigenvalue weighted by Gasteiger charge is -2.43. The minimum atomic E-state index is -0.746. The van der Waals surface area contributed by atoms with Crippen LogP contribution in [-0.4, -0.2) is 56.5 Å². The summed E-state index contributed by atoms with van der Waals surface area (Å²) in [5, 5.41) is 4.50. The molecular formula is C27H31N5O5. The van der Waals surface area contributed by atoms with Gasteiger partial charge in [-0.1, -0.05) is 0 Å². The molecule has 0 N–H and O–H groups in total. The number of pyridine rings is 2. The van der Waals surface area contributed by atoms with Gasteiger partial charge in [0.2, 0.25) is 11.8 Å². The van der Waals surface area contributed by atoms with Crippen molar-refractivity contribution in [2.24, 2.45) is 0 Å². The summed E-state index contributed by atoms with van der Waals surface area (Å²) in [7, 11) is 0. The number of carbonyl (C=O) groups is 2. The molecule has 0 radical (unpaired) electrons. The molecule has 5 heterocycles. The number of esters is 1. The summed E-state index contributed by atoms with van der Waals surface area (Å²) >= 11 is 0. The van der Waals surface area contributed by atoms with E-state index in [0.717, 1.165) is 42.5 Å². The van der Waals surface area contributed by atoms with Crippen LogP contribution < -0.4 is 9.64 Å². The van der Waals surface area contributed by atoms with Gasteiger partial charge in [-0.2, -0.15) is 5.10 Å². The summed E-state index contributed by atoms with van der Waals surface area (Å²) in [5.41, 5.74) is 1.83. The van der Waals surface area contributed by atoms with Crippen LogP contribution in [0, 0.1) is 0 Å². The van der Waals surface area contributed by atoms with Crippen molar-refractivity contribution < 1.29 is 23.8 Å². The topological polar surface area (TPSA) is 109 Å². The van der Waals surface area contributed by atoms with E-state index in [0.29, 0.717) is 24.4 Å². The van der Waals surface area contributed by atoms with Crippen LogP contribution in [0.5, 0.6) is 5.88 Å². The molecule has 1 saturated carbocycles. The van der Waals surface area contributed by atoms with Gasteiger partial charge in [-0.15, -0.1) is 0 Å². The number of nitrogens with zero attached hydrogens (tertiary/aromatic N) is 5. The van der Waals surface area contributed by atoms with E-state index in [1.807, 2.05) is 37.6 Å². The van der Waals surface area contributed by atoms with Crippen molar-refractivity contribution in [1.82, 2.24) is 19.7 Å². The summed E-state index contributed by atoms with van der Waals surface area (Å²) in [5.74, 6) is -0.0539. The van der Waals surface area contributed by atoms with Gasteiger partial charge in [-0.3, -0.25) is 19.5 Å². The molecule has 194 valence electrons. The van der Waals surface area contributed by atoms with Crippen molar-refractivity contribution >= 4 is 28.6 Å². The maximum absolute atomic E-state index is 13.6. The Morgan fingerprint density at radius 3 is 2.78 bits per heavy atom. The van der Waals surface area contributed by atoms with Crippen LogP contribution in [0.1, 0.15) is 64.7 Å². The zero-order chi connectivity index (χ0) is 25.8. The number of aromatic nitrogens is 4. The first-order valence-electron chi connectivity index (χ1n) is 12.8. The molecule has 1 aliphatic carbocycles. The molecule has 1 atom stereocenters. The van der Waals surface area contributed by atoms with E-state index in [4.69, 9.17) is 14.2 Å². The predicted molar refractivity (Wildman–Crippen MR) is 134 cm³/mol. The number of hydrogen-bond acceptors (Lipinski definition) is 8. The van der Waals surface area contributed by atoms with Gasteiger partial charge in [0, 0.05) is 43.5 Å². The molecule has 6 rings (SSSR count). The van der Waals surface area contributed by atoms with E-state index in [2.05, 4.69) is 15.1 Å². The van der Waals surface area contributed by atoms with Crippen LogP contribution >= 0.6 is 0 Å². The van der Waals surface area contributed by atoms with Gasteiger partial charge in [-0.05, 0) is 52.2 Å². The number of carbonyl (C=O) groups excluding carboxylic acids is 2. The molecule has 2 aliphatic heterocycles. The maximum Gasteiger partial charge on any atom is 0.326 e. The van der Waals surface area contributed by atoms with Crippen LogP contribution in [0.2, 0.25) is 0 Å². The van der Waals surface area contributed by atoms with Gasteiger partial charge < -0.3 is 14.2 Å². The van der Waals surface area contributed by atoms with Crippen LogP contribution in [0.25, 0.3) is 11.0 Å². The predicted octanol–water partition coefficient (Wildman–Crippen LogP) is 3.69. The summed E-state index contributed by atoms with van der Waals surface area (Å²) in [4.78, 5) is 36.5. The molecule has 3 aliphatic rings. The molecule has 1 amide bonds. The lowest BCUT2D eigenvalue weighted by atomic mass is 9.63. The van der Waals surface area contributed by atoms with Crippen molar-refractivity contribution in [1.29, 1.82) is 0 Å². The minimum Gasteiger partial charge on any atom is -0.474 e. The lowest BCUT2D eigenvalue weighted by molar-refractivity contribution is -0.154. The second kappa shape index (κ2) is 8.79. The first kappa shape index (κ1) is 23.8. The van der Waals surface area contributed by atoms with Crippen molar-refractivity contribution in [3.63, 3.8) is 0 Å². The van der Waals surface area contributed by atoms with Crippen LogP contribution in [-0.2, 0) is 24.5 Å². The Bertz CT molecular complexity index is 1350. The van der Waals surface area contributed by atoms with Crippen molar-refractivity contribution in [2.45, 2.75) is 76.2 Å². The van der Waals surface area contributed by atoms with E-state index < -0.39 is 17.0 Å². The number of hydrogen-bond donors (Lipinski definition) is 0. The monoisotopic (exact) mass is 505 g/mol. The van der Waals surface area contributed by atoms with Gasteiger partial charge >= 0.3 is 5.97 Å². The van der Waals surface area contributed by atoms with E-state index in [1.54, 1.807) is 24.7 Å². The average molecular weight is 506 g/mol. The van der Waals surface area contributed by atoms with Crippen molar-refractivity contribution in [3.8, 4) is 5.88 Å². The molecule has 2 fully saturated rings. The van der Waals surface area contributed by atoms with Gasteiger partial charge in [0.15, 0.2) is 6.23 Å². The minimum absolute atomic E-state index is 0.0583. The first-order chi connectivity index (χ1) is 17.7. The molecule has 1 unspecified atom stereocenters. The standard InChI is InChI=1S/C27H31N5O5/c1-26(2,3)37-24(33)16-31-20-9-10-28-14-18(20)27(25(31)34)12-17(13-27)36-22-8-7-21-19(30-22)15-29-32(21)23-6-4-5-11-35-23/h7-10,14-15,17,23H,4-6,11-13,16H2,1-3H3. The Kier molecular flexibility index (Phi) is 5.67. The fraction of sp³-hybridized carbons (Fsp3) is 0.519. The molecule has 1 saturated heterocycles. The Morgan fingerprint density at radius 1 is 1.19 bits per heavy atom. The first-order valence-corrected chi connectivity index (χ1v) is 12.8. The van der Waals surface area contributed by atoms with Crippen molar-refractivity contribution in [3.05, 3.63) is 42.4 Å². The molecular weight excluding hydrogens is 474 g/mol. The second-order valence-corrected chi connectivity index (χ2v) is 11.1. The molecule has 37 heavy (non-hydrogen) atoms. The number of rotatable bonds is 5. The normalized spacial score (nSPS) is 25.3. The van der Waals surface area contributed by atoms with E-state index in [9.17, 15) is 9.59 Å². The Hall–Kier alpha value is -3.53. The summed E-state index contributed by atoms with van der Waals surface area (Å²) in [6.45, 7) is 6.04. The molecule has 0 aromatic carbocycles. The van der Waals surface area contributed by atoms with Gasteiger partial charge in [-0.25, -0.2) is 9.67 Å². The zero-order valence-corrected chi connectivity index (χ0v) is 21.3. The van der Waals surface area contributed by atoms with E-state index in [-0.39, 0.29) is 24.8 Å². The van der Waals surface area contributed by atoms with Gasteiger partial charge in [0.25, 0.3) is 0 Å².